The first-order chi connectivity index (χ1) is 6.79. The average molecular weight is 214 g/mol. The van der Waals surface area contributed by atoms with Crippen LogP contribution in [-0.2, 0) is 6.54 Å². The van der Waals surface area contributed by atoms with Gasteiger partial charge >= 0.3 is 0 Å². The molecule has 0 aliphatic heterocycles. The largest absolute Gasteiger partial charge is 0.409 e. The molecule has 0 atom stereocenters. The second kappa shape index (κ2) is 5.54. The van der Waals surface area contributed by atoms with Crippen molar-refractivity contribution < 1.29 is 5.21 Å². The monoisotopic (exact) mass is 214 g/mol. The van der Waals surface area contributed by atoms with E-state index in [9.17, 15) is 0 Å². The molecule has 0 aromatic carbocycles. The van der Waals surface area contributed by atoms with Gasteiger partial charge in [-0.05, 0) is 5.75 Å². The topological polar surface area (TPSA) is 76.4 Å². The van der Waals surface area contributed by atoms with Crippen molar-refractivity contribution in [1.29, 1.82) is 0 Å². The molecule has 14 heavy (non-hydrogen) atoms. The molecule has 1 aromatic heterocycles. The first-order valence-electron chi connectivity index (χ1n) is 4.36. The van der Waals surface area contributed by atoms with Crippen LogP contribution in [0.1, 0.15) is 12.7 Å². The van der Waals surface area contributed by atoms with Crippen LogP contribution in [0.3, 0.4) is 0 Å². The lowest BCUT2D eigenvalue weighted by molar-refractivity contribution is 0.318. The Balaban J connectivity index is 2.63. The lowest BCUT2D eigenvalue weighted by Crippen LogP contribution is -2.20. The number of thioether (sulfide) groups is 1. The number of nitrogens with zero attached hydrogens (tertiary/aromatic N) is 3. The van der Waals surface area contributed by atoms with Gasteiger partial charge in [-0.1, -0.05) is 12.1 Å². The number of hydrogen-bond donors (Lipinski definition) is 2. The van der Waals surface area contributed by atoms with Crippen molar-refractivity contribution in [3.63, 3.8) is 0 Å². The predicted molar refractivity (Wildman–Crippen MR) is 57.7 cm³/mol. The van der Waals surface area contributed by atoms with Crippen molar-refractivity contribution in [2.24, 2.45) is 10.9 Å². The smallest absolute Gasteiger partial charge is 0.206 e. The highest BCUT2D eigenvalue weighted by Gasteiger charge is 2.06. The third-order valence-electron chi connectivity index (χ3n) is 1.73. The summed E-state index contributed by atoms with van der Waals surface area (Å²) in [4.78, 5) is 4.00. The average Bonchev–Trinajstić information content (AvgIpc) is 2.65. The Morgan fingerprint density at radius 1 is 1.79 bits per heavy atom. The third-order valence-corrected chi connectivity index (χ3v) is 2.61. The molecule has 1 heterocycles. The molecule has 0 aliphatic rings. The van der Waals surface area contributed by atoms with Gasteiger partial charge in [0.2, 0.25) is 5.84 Å². The van der Waals surface area contributed by atoms with Gasteiger partial charge in [-0.3, -0.25) is 0 Å². The van der Waals surface area contributed by atoms with Crippen molar-refractivity contribution in [1.82, 2.24) is 9.55 Å². The van der Waals surface area contributed by atoms with Crippen molar-refractivity contribution in [2.45, 2.75) is 13.5 Å². The summed E-state index contributed by atoms with van der Waals surface area (Å²) < 4.78 is 1.87. The zero-order valence-electron chi connectivity index (χ0n) is 8.05. The minimum absolute atomic E-state index is 0.0523. The number of aromatic nitrogens is 2. The highest BCUT2D eigenvalue weighted by atomic mass is 32.2. The van der Waals surface area contributed by atoms with E-state index in [0.29, 0.717) is 5.82 Å². The van der Waals surface area contributed by atoms with Crippen LogP contribution in [0.15, 0.2) is 17.5 Å². The Hall–Kier alpha value is -1.17. The minimum atomic E-state index is 0.0523. The van der Waals surface area contributed by atoms with Crippen LogP contribution in [0.25, 0.3) is 0 Å². The fourth-order valence-electron chi connectivity index (χ4n) is 1.07. The first-order valence-corrected chi connectivity index (χ1v) is 5.51. The van der Waals surface area contributed by atoms with Crippen LogP contribution in [-0.4, -0.2) is 32.1 Å². The Kier molecular flexibility index (Phi) is 4.31. The number of hydrogen-bond acceptors (Lipinski definition) is 4. The zero-order valence-corrected chi connectivity index (χ0v) is 8.87. The molecule has 0 saturated carbocycles. The molecule has 0 saturated heterocycles. The molecule has 5 nitrogen and oxygen atoms in total. The summed E-state index contributed by atoms with van der Waals surface area (Å²) in [5, 5.41) is 11.4. The molecule has 0 unspecified atom stereocenters. The van der Waals surface area contributed by atoms with Crippen LogP contribution >= 0.6 is 11.8 Å². The van der Waals surface area contributed by atoms with Crippen molar-refractivity contribution >= 4 is 17.6 Å². The molecule has 0 amide bonds. The molecule has 0 aliphatic carbocycles. The zero-order chi connectivity index (χ0) is 10.4. The van der Waals surface area contributed by atoms with Gasteiger partial charge in [0.25, 0.3) is 0 Å². The maximum atomic E-state index is 8.51. The van der Waals surface area contributed by atoms with E-state index in [2.05, 4.69) is 17.1 Å². The molecule has 0 radical (unpaired) electrons. The predicted octanol–water partition coefficient (Wildman–Crippen LogP) is 0.731. The van der Waals surface area contributed by atoms with Crippen LogP contribution in [0.4, 0.5) is 0 Å². The highest BCUT2D eigenvalue weighted by Crippen LogP contribution is 2.03. The first kappa shape index (κ1) is 10.9. The van der Waals surface area contributed by atoms with Gasteiger partial charge in [-0.15, -0.1) is 0 Å². The standard InChI is InChI=1S/C8H14N4OS/c1-2-14-6-5-12-4-3-10-8(12)7(9)11-13/h3-4,13H,2,5-6H2,1H3,(H2,9,11). The van der Waals surface area contributed by atoms with Crippen LogP contribution in [0.2, 0.25) is 0 Å². The number of nitrogens with two attached hydrogens (primary N) is 1. The number of amidine groups is 1. The minimum Gasteiger partial charge on any atom is -0.409 e. The summed E-state index contributed by atoms with van der Waals surface area (Å²) in [5.74, 6) is 2.66. The number of rotatable bonds is 5. The van der Waals surface area contributed by atoms with Gasteiger partial charge in [0, 0.05) is 24.7 Å². The Labute approximate surface area is 87.0 Å². The van der Waals surface area contributed by atoms with Crippen molar-refractivity contribution in [3.8, 4) is 0 Å². The van der Waals surface area contributed by atoms with Gasteiger partial charge in [0.05, 0.1) is 0 Å². The summed E-state index contributed by atoms with van der Waals surface area (Å²) in [7, 11) is 0. The number of oxime groups is 1. The van der Waals surface area contributed by atoms with E-state index in [1.807, 2.05) is 22.5 Å². The summed E-state index contributed by atoms with van der Waals surface area (Å²) >= 11 is 1.84. The number of imidazole rings is 1. The molecule has 1 rings (SSSR count). The quantitative estimate of drug-likeness (QED) is 0.249. The molecular formula is C8H14N4OS. The Morgan fingerprint density at radius 2 is 2.57 bits per heavy atom. The maximum absolute atomic E-state index is 8.51. The molecule has 0 spiro atoms. The van der Waals surface area contributed by atoms with E-state index in [1.165, 1.54) is 0 Å². The lowest BCUT2D eigenvalue weighted by atomic mass is 10.5. The molecule has 0 bridgehead atoms. The molecule has 3 N–H and O–H groups in total. The molecular weight excluding hydrogens is 200 g/mol. The second-order valence-corrected chi connectivity index (χ2v) is 4.02. The van der Waals surface area contributed by atoms with E-state index >= 15 is 0 Å². The SMILES string of the molecule is CCSCCn1ccnc1/C(N)=N/O. The van der Waals surface area contributed by atoms with Gasteiger partial charge in [-0.25, -0.2) is 4.98 Å². The summed E-state index contributed by atoms with van der Waals surface area (Å²) in [6.07, 6.45) is 3.47. The van der Waals surface area contributed by atoms with E-state index in [0.717, 1.165) is 18.1 Å². The van der Waals surface area contributed by atoms with Gasteiger partial charge in [-0.2, -0.15) is 11.8 Å². The summed E-state index contributed by atoms with van der Waals surface area (Å²) in [5.41, 5.74) is 5.45. The van der Waals surface area contributed by atoms with E-state index in [4.69, 9.17) is 10.9 Å². The van der Waals surface area contributed by atoms with Crippen molar-refractivity contribution in [3.05, 3.63) is 18.2 Å². The molecule has 78 valence electrons. The Morgan fingerprint density at radius 3 is 3.21 bits per heavy atom. The third kappa shape index (κ3) is 2.66. The fraction of sp³-hybridized carbons (Fsp3) is 0.500. The second-order valence-electron chi connectivity index (χ2n) is 2.63. The van der Waals surface area contributed by atoms with E-state index in [-0.39, 0.29) is 5.84 Å². The van der Waals surface area contributed by atoms with Crippen LogP contribution < -0.4 is 5.73 Å². The van der Waals surface area contributed by atoms with E-state index < -0.39 is 0 Å². The summed E-state index contributed by atoms with van der Waals surface area (Å²) in [6.45, 7) is 2.94. The highest BCUT2D eigenvalue weighted by molar-refractivity contribution is 7.99. The van der Waals surface area contributed by atoms with Gasteiger partial charge < -0.3 is 15.5 Å². The Bertz CT molecular complexity index is 310. The molecule has 0 fully saturated rings. The maximum Gasteiger partial charge on any atom is 0.206 e. The van der Waals surface area contributed by atoms with E-state index in [1.54, 1.807) is 6.20 Å². The molecule has 6 heteroatoms. The van der Waals surface area contributed by atoms with Crippen LogP contribution in [0.5, 0.6) is 0 Å². The van der Waals surface area contributed by atoms with Crippen LogP contribution in [0, 0.1) is 0 Å². The number of aryl methyl sites for hydroxylation is 1. The summed E-state index contributed by atoms with van der Waals surface area (Å²) in [6, 6.07) is 0. The van der Waals surface area contributed by atoms with Gasteiger partial charge in [0.15, 0.2) is 5.82 Å². The molecule has 1 aromatic rings. The normalized spacial score (nSPS) is 11.9. The van der Waals surface area contributed by atoms with Gasteiger partial charge in [0.1, 0.15) is 0 Å². The lowest BCUT2D eigenvalue weighted by Gasteiger charge is -2.05. The van der Waals surface area contributed by atoms with Crippen molar-refractivity contribution in [2.75, 3.05) is 11.5 Å². The fourth-order valence-corrected chi connectivity index (χ4v) is 1.69.